The van der Waals surface area contributed by atoms with E-state index in [1.54, 1.807) is 13.8 Å². The fourth-order valence-electron chi connectivity index (χ4n) is 9.20. The van der Waals surface area contributed by atoms with E-state index in [-0.39, 0.29) is 47.3 Å². The van der Waals surface area contributed by atoms with Crippen LogP contribution in [-0.2, 0) is 36.8 Å². The summed E-state index contributed by atoms with van der Waals surface area (Å²) < 4.78 is 13.5. The normalized spacial score (nSPS) is 39.8. The van der Waals surface area contributed by atoms with Crippen LogP contribution in [0, 0.1) is 34.5 Å². The monoisotopic (exact) mass is 574 g/mol. The summed E-state index contributed by atoms with van der Waals surface area (Å²) in [6.07, 6.45) is 6.06. The van der Waals surface area contributed by atoms with E-state index in [4.69, 9.17) is 21.1 Å². The van der Waals surface area contributed by atoms with E-state index in [0.717, 1.165) is 18.7 Å². The summed E-state index contributed by atoms with van der Waals surface area (Å²) in [6, 6.07) is 0. The van der Waals surface area contributed by atoms with Crippen molar-refractivity contribution in [3.05, 3.63) is 23.0 Å². The third-order valence-electron chi connectivity index (χ3n) is 11.0. The highest BCUT2D eigenvalue weighted by atomic mass is 35.5. The van der Waals surface area contributed by atoms with Crippen molar-refractivity contribution >= 4 is 35.4 Å². The molecule has 0 radical (unpaired) electrons. The minimum absolute atomic E-state index is 0.0629. The number of allylic oxidation sites excluding steroid dienone is 1. The van der Waals surface area contributed by atoms with Gasteiger partial charge in [0.1, 0.15) is 0 Å². The topological polar surface area (TPSA) is 108 Å². The Balaban J connectivity index is 1.57. The van der Waals surface area contributed by atoms with Crippen molar-refractivity contribution in [2.75, 3.05) is 6.61 Å². The quantitative estimate of drug-likeness (QED) is 0.370. The van der Waals surface area contributed by atoms with Crippen LogP contribution in [-0.4, -0.2) is 56.3 Å². The van der Waals surface area contributed by atoms with E-state index in [0.29, 0.717) is 19.3 Å². The van der Waals surface area contributed by atoms with Crippen molar-refractivity contribution in [3.63, 3.8) is 0 Å². The van der Waals surface area contributed by atoms with Gasteiger partial charge < -0.3 is 14.6 Å². The fourth-order valence-corrected chi connectivity index (χ4v) is 9.70. The number of aliphatic hydroxyl groups is 1. The van der Waals surface area contributed by atoms with Crippen molar-refractivity contribution in [2.24, 2.45) is 34.5 Å². The molecule has 220 valence electrons. The molecule has 1 aromatic rings. The molecule has 0 bridgehead atoms. The molecule has 0 spiro atoms. The van der Waals surface area contributed by atoms with Gasteiger partial charge in [0.05, 0.1) is 18.0 Å². The number of aliphatic hydroxyl groups excluding tert-OH is 1. The molecule has 4 aliphatic rings. The smallest absolute Gasteiger partial charge is 0.306 e. The van der Waals surface area contributed by atoms with E-state index < -0.39 is 41.4 Å². The second-order valence-electron chi connectivity index (χ2n) is 12.9. The summed E-state index contributed by atoms with van der Waals surface area (Å²) in [6.45, 7) is 11.9. The number of halogens is 1. The van der Waals surface area contributed by atoms with E-state index in [1.807, 2.05) is 24.7 Å². The number of fused-ring (bicyclic) bond motifs is 6. The molecule has 3 fully saturated rings. The van der Waals surface area contributed by atoms with Gasteiger partial charge in [-0.05, 0) is 67.4 Å². The Kier molecular flexibility index (Phi) is 7.52. The molecule has 5 rings (SSSR count). The maximum atomic E-state index is 14.0. The molecule has 1 N–H and O–H groups in total. The molecule has 0 saturated heterocycles. The van der Waals surface area contributed by atoms with Crippen molar-refractivity contribution < 1.29 is 29.0 Å². The molecule has 8 nitrogen and oxygen atoms in total. The van der Waals surface area contributed by atoms with Crippen molar-refractivity contribution in [2.45, 2.75) is 104 Å². The minimum atomic E-state index is -1.51. The number of hydrogen-bond donors (Lipinski definition) is 1. The summed E-state index contributed by atoms with van der Waals surface area (Å²) in [7, 11) is 0. The van der Waals surface area contributed by atoms with Gasteiger partial charge >= 0.3 is 11.9 Å². The number of aromatic nitrogens is 2. The minimum Gasteiger partial charge on any atom is -0.457 e. The lowest BCUT2D eigenvalue weighted by Gasteiger charge is -2.61. The van der Waals surface area contributed by atoms with Crippen LogP contribution >= 0.6 is 11.6 Å². The standard InChI is InChI=1S/C31H43ClN2O6/c1-7-25(37)39-16-24(36)31(40-26(38)8-2)17(4)10-20-27-21(32)11-19-12-22-18(15-33-34(22)9-3)13-29(19,5)28(27)23(35)14-30(20,31)6/h12,15,17,20-21,23,27-28,35H,7-11,13-14,16H2,1-6H3/t17-,20+,21-,23+,27-,28+,29+,30+,31-/m1/s1. The van der Waals surface area contributed by atoms with Crippen molar-refractivity contribution in [1.29, 1.82) is 0 Å². The molecule has 0 unspecified atom stereocenters. The first-order valence-electron chi connectivity index (χ1n) is 14.9. The predicted octanol–water partition coefficient (Wildman–Crippen LogP) is 4.73. The van der Waals surface area contributed by atoms with E-state index >= 15 is 0 Å². The average Bonchev–Trinajstić information content (AvgIpc) is 3.40. The van der Waals surface area contributed by atoms with Gasteiger partial charge in [-0.1, -0.05) is 40.2 Å². The number of Topliss-reactive ketones (excluding diaryl/α,β-unsaturated/α-hetero) is 1. The number of alkyl halides is 1. The Bertz CT molecular complexity index is 1240. The summed E-state index contributed by atoms with van der Waals surface area (Å²) >= 11 is 7.28. The summed E-state index contributed by atoms with van der Waals surface area (Å²) in [4.78, 5) is 38.9. The molecule has 3 saturated carbocycles. The van der Waals surface area contributed by atoms with E-state index in [1.165, 1.54) is 11.1 Å². The number of nitrogens with zero attached hydrogens (tertiary/aromatic N) is 2. The molecular formula is C31H43ClN2O6. The lowest BCUT2D eigenvalue weighted by Crippen LogP contribution is -2.66. The molecule has 9 atom stereocenters. The van der Waals surface area contributed by atoms with Gasteiger partial charge in [0.2, 0.25) is 5.78 Å². The summed E-state index contributed by atoms with van der Waals surface area (Å²) in [5.41, 5.74) is 0.863. The lowest BCUT2D eigenvalue weighted by atomic mass is 9.45. The van der Waals surface area contributed by atoms with Crippen LogP contribution < -0.4 is 0 Å². The fraction of sp³-hybridized carbons (Fsp3) is 0.742. The number of aryl methyl sites for hydroxylation is 1. The van der Waals surface area contributed by atoms with Crippen LogP contribution in [0.15, 0.2) is 11.8 Å². The molecule has 1 heterocycles. The maximum Gasteiger partial charge on any atom is 0.306 e. The van der Waals surface area contributed by atoms with Gasteiger partial charge in [0.25, 0.3) is 0 Å². The highest BCUT2D eigenvalue weighted by Gasteiger charge is 2.74. The number of hydrogen-bond acceptors (Lipinski definition) is 7. The molecule has 0 aliphatic heterocycles. The van der Waals surface area contributed by atoms with Crippen LogP contribution in [0.3, 0.4) is 0 Å². The third kappa shape index (κ3) is 4.03. The Morgan fingerprint density at radius 3 is 2.52 bits per heavy atom. The van der Waals surface area contributed by atoms with Crippen LogP contribution in [0.4, 0.5) is 0 Å². The molecule has 1 aromatic heterocycles. The first-order valence-corrected chi connectivity index (χ1v) is 15.3. The highest BCUT2D eigenvalue weighted by molar-refractivity contribution is 6.21. The number of esters is 2. The van der Waals surface area contributed by atoms with Crippen LogP contribution in [0.25, 0.3) is 6.08 Å². The molecule has 9 heteroatoms. The number of carbonyl (C=O) groups is 3. The molecule has 40 heavy (non-hydrogen) atoms. The number of ether oxygens (including phenoxy) is 2. The van der Waals surface area contributed by atoms with Crippen LogP contribution in [0.2, 0.25) is 0 Å². The zero-order chi connectivity index (χ0) is 29.2. The zero-order valence-corrected chi connectivity index (χ0v) is 25.3. The molecular weight excluding hydrogens is 532 g/mol. The maximum absolute atomic E-state index is 14.0. The van der Waals surface area contributed by atoms with Gasteiger partial charge in [-0.3, -0.25) is 19.1 Å². The first kappa shape index (κ1) is 29.3. The van der Waals surface area contributed by atoms with E-state index in [9.17, 15) is 19.5 Å². The van der Waals surface area contributed by atoms with Gasteiger partial charge in [-0.2, -0.15) is 5.10 Å². The third-order valence-corrected chi connectivity index (χ3v) is 11.4. The lowest BCUT2D eigenvalue weighted by molar-refractivity contribution is -0.207. The van der Waals surface area contributed by atoms with Gasteiger partial charge in [0, 0.05) is 36.1 Å². The second-order valence-corrected chi connectivity index (χ2v) is 13.5. The number of ketones is 1. The molecule has 0 amide bonds. The second kappa shape index (κ2) is 10.3. The van der Waals surface area contributed by atoms with Gasteiger partial charge in [-0.25, -0.2) is 0 Å². The zero-order valence-electron chi connectivity index (χ0n) is 24.5. The Labute approximate surface area is 241 Å². The summed E-state index contributed by atoms with van der Waals surface area (Å²) in [5, 5.41) is 16.4. The van der Waals surface area contributed by atoms with Gasteiger partial charge in [-0.15, -0.1) is 11.6 Å². The number of carbonyl (C=O) groups excluding carboxylic acids is 3. The first-order chi connectivity index (χ1) is 18.9. The number of rotatable bonds is 7. The Hall–Kier alpha value is -2.19. The van der Waals surface area contributed by atoms with Crippen molar-refractivity contribution in [3.8, 4) is 0 Å². The van der Waals surface area contributed by atoms with E-state index in [2.05, 4.69) is 25.0 Å². The molecule has 4 aliphatic carbocycles. The Morgan fingerprint density at radius 1 is 1.18 bits per heavy atom. The Morgan fingerprint density at radius 2 is 1.88 bits per heavy atom. The van der Waals surface area contributed by atoms with Crippen LogP contribution in [0.5, 0.6) is 0 Å². The average molecular weight is 575 g/mol. The van der Waals surface area contributed by atoms with Gasteiger partial charge in [0.15, 0.2) is 12.2 Å². The largest absolute Gasteiger partial charge is 0.457 e. The van der Waals surface area contributed by atoms with Crippen LogP contribution in [0.1, 0.15) is 84.9 Å². The SMILES string of the molecule is CCC(=O)OCC(=O)[C@]1(OC(=O)CC)[C@H](C)C[C@H]2[C@H]3[C@H]([C@@H](O)C[C@@]21C)[C@@]1(C)Cc2cnn(CC)c2C=C1C[C@H]3Cl. The van der Waals surface area contributed by atoms with Crippen molar-refractivity contribution in [1.82, 2.24) is 9.78 Å². The summed E-state index contributed by atoms with van der Waals surface area (Å²) in [5.74, 6) is -1.97. The predicted molar refractivity (Wildman–Crippen MR) is 150 cm³/mol. The highest BCUT2D eigenvalue weighted by Crippen LogP contribution is 2.70. The molecule has 0 aromatic carbocycles.